The largest absolute Gasteiger partial charge is 0.394 e. The second-order valence-electron chi connectivity index (χ2n) is 4.83. The van der Waals surface area contributed by atoms with E-state index in [-0.39, 0.29) is 12.4 Å². The first-order valence-corrected chi connectivity index (χ1v) is 9.29. The Labute approximate surface area is 142 Å². The zero-order valence-corrected chi connectivity index (χ0v) is 14.0. The van der Waals surface area contributed by atoms with Crippen LogP contribution in [0.2, 0.25) is 0 Å². The summed E-state index contributed by atoms with van der Waals surface area (Å²) in [5, 5.41) is 9.45. The summed E-state index contributed by atoms with van der Waals surface area (Å²) in [5.41, 5.74) is 4.72. The number of aliphatic hydroxyl groups excluding tert-OH is 1. The molecule has 2 rings (SSSR count). The molecule has 4 atom stereocenters. The third-order valence-corrected chi connectivity index (χ3v) is 3.99. The van der Waals surface area contributed by atoms with Crippen LogP contribution in [0.25, 0.3) is 0 Å². The van der Waals surface area contributed by atoms with E-state index in [1.165, 1.54) is 12.3 Å². The van der Waals surface area contributed by atoms with Crippen LogP contribution in [-0.2, 0) is 25.8 Å². The standard InChI is InChI=1S/C12H16N3O7PS/c1-2-5-20-10-9(22-23(18,19)24)7(6-16)21-11(10)15-4-3-8(13)14-12(15)17/h1,3-4,7,9-11,16H,5-6H2,(H2,13,14,17)(H2,18,19,24)/t7-,9-,10-,11-/m1/s1. The molecule has 0 unspecified atom stereocenters. The van der Waals surface area contributed by atoms with Crippen LogP contribution in [0.1, 0.15) is 6.23 Å². The number of ether oxygens (including phenoxy) is 2. The van der Waals surface area contributed by atoms with Gasteiger partial charge in [-0.3, -0.25) is 9.09 Å². The molecule has 5 N–H and O–H groups in total. The highest BCUT2D eigenvalue weighted by Gasteiger charge is 2.49. The van der Waals surface area contributed by atoms with Gasteiger partial charge in [0.25, 0.3) is 0 Å². The van der Waals surface area contributed by atoms with Crippen LogP contribution in [0, 0.1) is 12.3 Å². The molecule has 1 aromatic heterocycles. The molecule has 0 amide bonds. The van der Waals surface area contributed by atoms with Crippen molar-refractivity contribution >= 4 is 24.3 Å². The molecule has 1 saturated heterocycles. The summed E-state index contributed by atoms with van der Waals surface area (Å²) in [6.07, 6.45) is 2.19. The van der Waals surface area contributed by atoms with E-state index < -0.39 is 43.6 Å². The number of nitrogens with two attached hydrogens (primary N) is 1. The third-order valence-electron chi connectivity index (χ3n) is 3.21. The molecule has 0 saturated carbocycles. The lowest BCUT2D eigenvalue weighted by atomic mass is 10.1. The van der Waals surface area contributed by atoms with Crippen molar-refractivity contribution in [3.63, 3.8) is 0 Å². The molecule has 0 spiro atoms. The van der Waals surface area contributed by atoms with Crippen LogP contribution < -0.4 is 11.4 Å². The van der Waals surface area contributed by atoms with Crippen LogP contribution >= 0.6 is 6.72 Å². The third kappa shape index (κ3) is 4.38. The molecule has 1 aromatic rings. The number of anilines is 1. The Morgan fingerprint density at radius 3 is 2.79 bits per heavy atom. The zero-order chi connectivity index (χ0) is 17.9. The van der Waals surface area contributed by atoms with Crippen molar-refractivity contribution in [1.82, 2.24) is 9.55 Å². The number of terminal acetylenes is 1. The van der Waals surface area contributed by atoms with E-state index in [9.17, 15) is 19.7 Å². The maximum atomic E-state index is 12.0. The Balaban J connectivity index is 2.40. The minimum absolute atomic E-state index is 0.0167. The second-order valence-corrected chi connectivity index (χ2v) is 7.45. The maximum Gasteiger partial charge on any atom is 0.351 e. The lowest BCUT2D eigenvalue weighted by molar-refractivity contribution is -0.0676. The first kappa shape index (κ1) is 19.0. The molecule has 10 nitrogen and oxygen atoms in total. The molecule has 24 heavy (non-hydrogen) atoms. The highest BCUT2D eigenvalue weighted by Crippen LogP contribution is 2.44. The van der Waals surface area contributed by atoms with Crippen molar-refractivity contribution in [2.45, 2.75) is 24.5 Å². The fraction of sp³-hybridized carbons (Fsp3) is 0.500. The predicted octanol–water partition coefficient (Wildman–Crippen LogP) is -1.67. The van der Waals surface area contributed by atoms with Crippen LogP contribution in [0.15, 0.2) is 17.1 Å². The molecular formula is C12H16N3O7PS. The van der Waals surface area contributed by atoms with Crippen LogP contribution in [0.3, 0.4) is 0 Å². The van der Waals surface area contributed by atoms with E-state index in [2.05, 4.69) is 22.7 Å². The molecule has 1 aliphatic rings. The minimum Gasteiger partial charge on any atom is -0.394 e. The fourth-order valence-corrected chi connectivity index (χ4v) is 3.18. The quantitative estimate of drug-likeness (QED) is 0.335. The van der Waals surface area contributed by atoms with Gasteiger partial charge in [0.1, 0.15) is 30.7 Å². The molecule has 0 aliphatic carbocycles. The van der Waals surface area contributed by atoms with Gasteiger partial charge in [-0.2, -0.15) is 4.98 Å². The lowest BCUT2D eigenvalue weighted by Gasteiger charge is -2.25. The van der Waals surface area contributed by atoms with Crippen LogP contribution in [0.5, 0.6) is 0 Å². The first-order valence-electron chi connectivity index (χ1n) is 6.67. The Morgan fingerprint density at radius 2 is 2.25 bits per heavy atom. The molecule has 1 aliphatic heterocycles. The van der Waals surface area contributed by atoms with Crippen LogP contribution in [0.4, 0.5) is 5.82 Å². The molecule has 2 heterocycles. The predicted molar refractivity (Wildman–Crippen MR) is 86.1 cm³/mol. The van der Waals surface area contributed by atoms with Gasteiger partial charge < -0.3 is 30.1 Å². The lowest BCUT2D eigenvalue weighted by Crippen LogP contribution is -2.39. The smallest absolute Gasteiger partial charge is 0.351 e. The minimum atomic E-state index is -4.09. The number of nitrogens with zero attached hydrogens (tertiary/aromatic N) is 2. The molecule has 132 valence electrons. The zero-order valence-electron chi connectivity index (χ0n) is 12.3. The number of aromatic nitrogens is 2. The topological polar surface area (TPSA) is 149 Å². The van der Waals surface area contributed by atoms with E-state index in [4.69, 9.17) is 26.2 Å². The molecule has 1 fully saturated rings. The van der Waals surface area contributed by atoms with Crippen molar-refractivity contribution in [3.8, 4) is 12.3 Å². The summed E-state index contributed by atoms with van der Waals surface area (Å²) in [6, 6.07) is 1.37. The normalized spacial score (nSPS) is 27.1. The van der Waals surface area contributed by atoms with Crippen molar-refractivity contribution in [1.29, 1.82) is 0 Å². The van der Waals surface area contributed by atoms with E-state index >= 15 is 0 Å². The number of hydrogen-bond acceptors (Lipinski definition) is 8. The van der Waals surface area contributed by atoms with Gasteiger partial charge in [0.15, 0.2) is 6.23 Å². The Morgan fingerprint density at radius 1 is 1.54 bits per heavy atom. The van der Waals surface area contributed by atoms with Gasteiger partial charge in [0.05, 0.1) is 6.61 Å². The summed E-state index contributed by atoms with van der Waals surface area (Å²) in [7, 11) is 0. The Bertz CT molecular complexity index is 730. The van der Waals surface area contributed by atoms with E-state index in [0.717, 1.165) is 4.57 Å². The Hall–Kier alpha value is -1.35. The summed E-state index contributed by atoms with van der Waals surface area (Å²) < 4.78 is 17.1. The van der Waals surface area contributed by atoms with Gasteiger partial charge in [0.2, 0.25) is 0 Å². The summed E-state index contributed by atoms with van der Waals surface area (Å²) >= 11 is 4.46. The molecule has 0 bridgehead atoms. The van der Waals surface area contributed by atoms with Crippen molar-refractivity contribution in [2.75, 3.05) is 18.9 Å². The SMILES string of the molecule is C#CCO[C@@H]1[C@H](OP(O)(O)=S)[C@@H](CO)O[C@H]1n1ccc(N)nc1=O. The highest BCUT2D eigenvalue weighted by atomic mass is 32.5. The number of aliphatic hydroxyl groups is 1. The van der Waals surface area contributed by atoms with Crippen LogP contribution in [-0.4, -0.2) is 56.0 Å². The van der Waals surface area contributed by atoms with E-state index in [0.29, 0.717) is 0 Å². The number of rotatable bonds is 6. The van der Waals surface area contributed by atoms with Crippen molar-refractivity contribution in [2.24, 2.45) is 0 Å². The second kappa shape index (κ2) is 7.69. The average Bonchev–Trinajstić information content (AvgIpc) is 2.81. The summed E-state index contributed by atoms with van der Waals surface area (Å²) in [4.78, 5) is 34.4. The van der Waals surface area contributed by atoms with Gasteiger partial charge in [-0.15, -0.1) is 6.42 Å². The maximum absolute atomic E-state index is 12.0. The first-order chi connectivity index (χ1) is 11.3. The van der Waals surface area contributed by atoms with Crippen molar-refractivity contribution < 1.29 is 28.9 Å². The summed E-state index contributed by atoms with van der Waals surface area (Å²) in [5.74, 6) is 2.26. The van der Waals surface area contributed by atoms with E-state index in [1.54, 1.807) is 0 Å². The number of nitrogen functional groups attached to an aromatic ring is 1. The van der Waals surface area contributed by atoms with Gasteiger partial charge in [-0.1, -0.05) is 5.92 Å². The highest BCUT2D eigenvalue weighted by molar-refractivity contribution is 8.06. The fourth-order valence-electron chi connectivity index (χ4n) is 2.31. The monoisotopic (exact) mass is 377 g/mol. The van der Waals surface area contributed by atoms with E-state index in [1.807, 2.05) is 0 Å². The molecule has 0 aromatic carbocycles. The Kier molecular flexibility index (Phi) is 6.08. The average molecular weight is 377 g/mol. The summed E-state index contributed by atoms with van der Waals surface area (Å²) in [6.45, 7) is -4.79. The van der Waals surface area contributed by atoms with Gasteiger partial charge in [0, 0.05) is 6.20 Å². The number of hydrogen-bond donors (Lipinski definition) is 4. The van der Waals surface area contributed by atoms with Gasteiger partial charge >= 0.3 is 12.4 Å². The van der Waals surface area contributed by atoms with Gasteiger partial charge in [-0.05, 0) is 17.9 Å². The molecule has 0 radical (unpaired) electrons. The van der Waals surface area contributed by atoms with Gasteiger partial charge in [-0.25, -0.2) is 4.79 Å². The molecule has 12 heteroatoms. The molecular weight excluding hydrogens is 361 g/mol. The van der Waals surface area contributed by atoms with Crippen molar-refractivity contribution in [3.05, 3.63) is 22.7 Å².